The Bertz CT molecular complexity index is 489. The van der Waals surface area contributed by atoms with Crippen molar-refractivity contribution in [2.45, 2.75) is 24.8 Å². The van der Waals surface area contributed by atoms with Crippen LogP contribution >= 0.6 is 0 Å². The Hall–Kier alpha value is -0.910. The van der Waals surface area contributed by atoms with Gasteiger partial charge < -0.3 is 4.74 Å². The number of benzene rings is 1. The minimum absolute atomic E-state index is 0.241. The van der Waals surface area contributed by atoms with Crippen LogP contribution in [-0.4, -0.2) is 27.7 Å². The fourth-order valence-electron chi connectivity index (χ4n) is 1.58. The summed E-state index contributed by atoms with van der Waals surface area (Å²) in [5.74, 6) is 0. The molecule has 88 valence electrons. The van der Waals surface area contributed by atoms with Crippen molar-refractivity contribution < 1.29 is 17.3 Å². The zero-order chi connectivity index (χ0) is 11.8. The molecule has 5 heteroatoms. The Morgan fingerprint density at radius 1 is 1.31 bits per heavy atom. The molecule has 1 saturated heterocycles. The van der Waals surface area contributed by atoms with Gasteiger partial charge in [-0.1, -0.05) is 17.7 Å². The van der Waals surface area contributed by atoms with Gasteiger partial charge in [-0.2, -0.15) is 8.42 Å². The summed E-state index contributed by atoms with van der Waals surface area (Å²) in [4.78, 5) is 0.241. The third-order valence-electron chi connectivity index (χ3n) is 2.47. The molecule has 2 rings (SSSR count). The van der Waals surface area contributed by atoms with E-state index in [2.05, 4.69) is 0 Å². The van der Waals surface area contributed by atoms with Crippen LogP contribution in [0.25, 0.3) is 0 Å². The van der Waals surface area contributed by atoms with Gasteiger partial charge in [0.05, 0.1) is 18.1 Å². The fourth-order valence-corrected chi connectivity index (χ4v) is 2.84. The van der Waals surface area contributed by atoms with E-state index in [1.165, 1.54) is 0 Å². The molecule has 1 aromatic carbocycles. The first-order chi connectivity index (χ1) is 7.49. The summed E-state index contributed by atoms with van der Waals surface area (Å²) >= 11 is 0. The van der Waals surface area contributed by atoms with E-state index in [0.717, 1.165) is 5.56 Å². The molecule has 0 unspecified atom stereocenters. The monoisotopic (exact) mass is 242 g/mol. The van der Waals surface area contributed by atoms with Crippen molar-refractivity contribution in [3.8, 4) is 0 Å². The summed E-state index contributed by atoms with van der Waals surface area (Å²) in [6.07, 6.45) is -0.328. The van der Waals surface area contributed by atoms with Gasteiger partial charge in [0.15, 0.2) is 0 Å². The van der Waals surface area contributed by atoms with E-state index in [4.69, 9.17) is 8.92 Å². The molecule has 4 nitrogen and oxygen atoms in total. The van der Waals surface area contributed by atoms with Gasteiger partial charge >= 0.3 is 0 Å². The van der Waals surface area contributed by atoms with Crippen molar-refractivity contribution in [1.82, 2.24) is 0 Å². The number of hydrogen-bond donors (Lipinski definition) is 0. The van der Waals surface area contributed by atoms with Crippen LogP contribution in [0, 0.1) is 13.8 Å². The van der Waals surface area contributed by atoms with Crippen molar-refractivity contribution in [1.29, 1.82) is 0 Å². The second-order valence-electron chi connectivity index (χ2n) is 3.98. The number of ether oxygens (including phenoxy) is 1. The molecule has 0 aromatic heterocycles. The zero-order valence-electron chi connectivity index (χ0n) is 9.26. The topological polar surface area (TPSA) is 52.6 Å². The van der Waals surface area contributed by atoms with E-state index in [1.807, 2.05) is 13.0 Å². The first-order valence-corrected chi connectivity index (χ1v) is 6.48. The van der Waals surface area contributed by atoms with E-state index >= 15 is 0 Å². The molecule has 1 fully saturated rings. The first-order valence-electron chi connectivity index (χ1n) is 5.07. The molecule has 1 aromatic rings. The highest BCUT2D eigenvalue weighted by Crippen LogP contribution is 2.21. The summed E-state index contributed by atoms with van der Waals surface area (Å²) in [5, 5.41) is 0. The lowest BCUT2D eigenvalue weighted by atomic mass is 10.2. The molecule has 0 saturated carbocycles. The highest BCUT2D eigenvalue weighted by atomic mass is 32.2. The van der Waals surface area contributed by atoms with Crippen LogP contribution in [0.4, 0.5) is 0 Å². The maximum Gasteiger partial charge on any atom is 0.297 e. The molecule has 0 atom stereocenters. The number of aryl methyl sites for hydroxylation is 2. The van der Waals surface area contributed by atoms with Crippen LogP contribution in [-0.2, 0) is 19.0 Å². The van der Waals surface area contributed by atoms with E-state index in [-0.39, 0.29) is 11.0 Å². The molecule has 16 heavy (non-hydrogen) atoms. The zero-order valence-corrected chi connectivity index (χ0v) is 10.1. The van der Waals surface area contributed by atoms with Gasteiger partial charge in [0.25, 0.3) is 10.1 Å². The van der Waals surface area contributed by atoms with Crippen molar-refractivity contribution in [2.75, 3.05) is 13.2 Å². The van der Waals surface area contributed by atoms with Crippen LogP contribution in [0.15, 0.2) is 23.1 Å². The Morgan fingerprint density at radius 3 is 2.50 bits per heavy atom. The largest absolute Gasteiger partial charge is 0.376 e. The van der Waals surface area contributed by atoms with Crippen LogP contribution in [0.1, 0.15) is 11.1 Å². The van der Waals surface area contributed by atoms with E-state index in [1.54, 1.807) is 19.1 Å². The Kier molecular flexibility index (Phi) is 3.01. The second kappa shape index (κ2) is 4.16. The molecule has 0 bridgehead atoms. The predicted octanol–water partition coefficient (Wildman–Crippen LogP) is 1.41. The normalized spacial score (nSPS) is 17.1. The second-order valence-corrected chi connectivity index (χ2v) is 5.52. The van der Waals surface area contributed by atoms with Gasteiger partial charge in [-0.25, -0.2) is 0 Å². The quantitative estimate of drug-likeness (QED) is 0.752. The molecule has 0 N–H and O–H groups in total. The minimum atomic E-state index is -3.65. The fraction of sp³-hybridized carbons (Fsp3) is 0.455. The summed E-state index contributed by atoms with van der Waals surface area (Å²) in [5.41, 5.74) is 1.74. The van der Waals surface area contributed by atoms with Crippen molar-refractivity contribution in [3.63, 3.8) is 0 Å². The lowest BCUT2D eigenvalue weighted by molar-refractivity contribution is -0.0769. The highest BCUT2D eigenvalue weighted by Gasteiger charge is 2.28. The van der Waals surface area contributed by atoms with Gasteiger partial charge in [-0.15, -0.1) is 0 Å². The van der Waals surface area contributed by atoms with Crippen LogP contribution in [0.3, 0.4) is 0 Å². The Labute approximate surface area is 95.3 Å². The van der Waals surface area contributed by atoms with Crippen LogP contribution in [0.5, 0.6) is 0 Å². The third kappa shape index (κ3) is 2.26. The SMILES string of the molecule is Cc1ccc(S(=O)(=O)OC2COC2)c(C)c1. The molecule has 1 aliphatic heterocycles. The van der Waals surface area contributed by atoms with Gasteiger partial charge in [-0.3, -0.25) is 4.18 Å². The minimum Gasteiger partial charge on any atom is -0.376 e. The summed E-state index contributed by atoms with van der Waals surface area (Å²) in [6.45, 7) is 4.39. The average Bonchev–Trinajstić information content (AvgIpc) is 2.11. The van der Waals surface area contributed by atoms with Gasteiger partial charge in [0, 0.05) is 0 Å². The number of hydrogen-bond acceptors (Lipinski definition) is 4. The van der Waals surface area contributed by atoms with E-state index < -0.39 is 10.1 Å². The Balaban J connectivity index is 2.27. The van der Waals surface area contributed by atoms with Crippen molar-refractivity contribution in [3.05, 3.63) is 29.3 Å². The molecule has 1 heterocycles. The van der Waals surface area contributed by atoms with Crippen molar-refractivity contribution in [2.24, 2.45) is 0 Å². The smallest absolute Gasteiger partial charge is 0.297 e. The van der Waals surface area contributed by atoms with Gasteiger partial charge in [0.2, 0.25) is 0 Å². The van der Waals surface area contributed by atoms with Gasteiger partial charge in [-0.05, 0) is 25.5 Å². The third-order valence-corrected chi connectivity index (χ3v) is 3.99. The van der Waals surface area contributed by atoms with E-state index in [9.17, 15) is 8.42 Å². The van der Waals surface area contributed by atoms with Crippen LogP contribution < -0.4 is 0 Å². The maximum absolute atomic E-state index is 11.9. The van der Waals surface area contributed by atoms with E-state index in [0.29, 0.717) is 18.8 Å². The molecule has 0 radical (unpaired) electrons. The Morgan fingerprint density at radius 2 is 2.00 bits per heavy atom. The summed E-state index contributed by atoms with van der Waals surface area (Å²) < 4.78 is 33.7. The molecular formula is C11H14O4S. The molecule has 0 spiro atoms. The first kappa shape index (κ1) is 11.6. The van der Waals surface area contributed by atoms with Gasteiger partial charge in [0.1, 0.15) is 6.10 Å². The molecular weight excluding hydrogens is 228 g/mol. The van der Waals surface area contributed by atoms with Crippen LogP contribution in [0.2, 0.25) is 0 Å². The predicted molar refractivity (Wildman–Crippen MR) is 58.8 cm³/mol. The molecule has 0 amide bonds. The molecule has 1 aliphatic rings. The summed E-state index contributed by atoms with van der Waals surface area (Å²) in [7, 11) is -3.65. The molecule has 0 aliphatic carbocycles. The van der Waals surface area contributed by atoms with Crippen molar-refractivity contribution >= 4 is 10.1 Å². The highest BCUT2D eigenvalue weighted by molar-refractivity contribution is 7.86. The maximum atomic E-state index is 11.9. The average molecular weight is 242 g/mol. The standard InChI is InChI=1S/C11H14O4S/c1-8-3-4-11(9(2)5-8)16(12,13)15-10-6-14-7-10/h3-5,10H,6-7H2,1-2H3. The summed E-state index contributed by atoms with van der Waals surface area (Å²) in [6, 6.07) is 5.17. The lowest BCUT2D eigenvalue weighted by Gasteiger charge is -2.25. The lowest BCUT2D eigenvalue weighted by Crippen LogP contribution is -2.37. The number of rotatable bonds is 3.